The largest absolute Gasteiger partial charge is 0.354 e. The minimum Gasteiger partial charge on any atom is -0.338 e. The van der Waals surface area contributed by atoms with Crippen LogP contribution < -0.4 is 22.5 Å². The lowest BCUT2D eigenvalue weighted by Crippen LogP contribution is -2.61. The van der Waals surface area contributed by atoms with E-state index in [2.05, 4.69) is 15.2 Å². The second-order valence-electron chi connectivity index (χ2n) is 10.9. The topological polar surface area (TPSA) is 143 Å². The van der Waals surface area contributed by atoms with Gasteiger partial charge in [-0.3, -0.25) is 19.6 Å². The molecular weight excluding hydrogens is 484 g/mol. The van der Waals surface area contributed by atoms with Gasteiger partial charge in [0.25, 0.3) is 0 Å². The van der Waals surface area contributed by atoms with Crippen LogP contribution in [0.2, 0.25) is 0 Å². The molecule has 0 spiro atoms. The zero-order valence-corrected chi connectivity index (χ0v) is 22.6. The van der Waals surface area contributed by atoms with Crippen molar-refractivity contribution in [1.29, 1.82) is 0 Å². The lowest BCUT2D eigenvalue weighted by molar-refractivity contribution is -0.139. The molecule has 3 amide bonds. The Kier molecular flexibility index (Phi) is 8.49. The van der Waals surface area contributed by atoms with Gasteiger partial charge in [-0.2, -0.15) is 4.98 Å². The van der Waals surface area contributed by atoms with Crippen molar-refractivity contribution in [1.82, 2.24) is 24.3 Å². The van der Waals surface area contributed by atoms with Gasteiger partial charge in [-0.15, -0.1) is 0 Å². The number of nitrogens with one attached hydrogen (secondary N) is 1. The Morgan fingerprint density at radius 3 is 2.21 bits per heavy atom. The van der Waals surface area contributed by atoms with Gasteiger partial charge in [0.05, 0.1) is 11.2 Å². The van der Waals surface area contributed by atoms with Crippen molar-refractivity contribution in [2.45, 2.75) is 51.7 Å². The number of nitrogens with two attached hydrogens (primary N) is 2. The summed E-state index contributed by atoms with van der Waals surface area (Å²) >= 11 is 0. The van der Waals surface area contributed by atoms with Gasteiger partial charge in [0, 0.05) is 45.0 Å². The molecule has 1 aromatic carbocycles. The molecule has 0 saturated carbocycles. The Hall–Kier alpha value is -3.28. The zero-order valence-electron chi connectivity index (χ0n) is 22.6. The van der Waals surface area contributed by atoms with Crippen LogP contribution in [0.3, 0.4) is 0 Å². The molecule has 11 nitrogen and oxygen atoms in total. The van der Waals surface area contributed by atoms with Crippen LogP contribution in [-0.2, 0) is 11.3 Å². The van der Waals surface area contributed by atoms with E-state index in [1.54, 1.807) is 29.0 Å². The number of benzene rings is 1. The van der Waals surface area contributed by atoms with Crippen molar-refractivity contribution < 1.29 is 9.59 Å². The number of urea groups is 1. The lowest BCUT2D eigenvalue weighted by Gasteiger charge is -2.39. The fourth-order valence-electron chi connectivity index (χ4n) is 4.69. The van der Waals surface area contributed by atoms with Crippen LogP contribution >= 0.6 is 0 Å². The third kappa shape index (κ3) is 6.40. The summed E-state index contributed by atoms with van der Waals surface area (Å²) in [6, 6.07) is 9.39. The third-order valence-corrected chi connectivity index (χ3v) is 7.81. The summed E-state index contributed by atoms with van der Waals surface area (Å²) in [4.78, 5) is 48.0. The van der Waals surface area contributed by atoms with Gasteiger partial charge in [0.1, 0.15) is 5.82 Å². The van der Waals surface area contributed by atoms with Crippen molar-refractivity contribution in [3.63, 3.8) is 0 Å². The molecule has 1 atom stereocenters. The van der Waals surface area contributed by atoms with Crippen LogP contribution in [0.5, 0.6) is 0 Å². The molecular formula is C27H40N8O3. The van der Waals surface area contributed by atoms with Crippen LogP contribution in [-0.4, -0.2) is 87.0 Å². The Morgan fingerprint density at radius 1 is 1.03 bits per heavy atom. The maximum absolute atomic E-state index is 12.8. The first kappa shape index (κ1) is 27.7. The number of nitrogens with zero attached hydrogens (tertiary/aromatic N) is 5. The minimum absolute atomic E-state index is 0.00181. The van der Waals surface area contributed by atoms with Crippen molar-refractivity contribution in [2.24, 2.45) is 17.4 Å². The SMILES string of the molecule is CC(C)C(C)(N)C(=O)N1CCN(C(=O)Nc2ccn(-c3ccc(CN4CCC(N)CC4)cc3)c(=O)n2)CC1. The average Bonchev–Trinajstić information content (AvgIpc) is 2.90. The summed E-state index contributed by atoms with van der Waals surface area (Å²) < 4.78 is 1.45. The van der Waals surface area contributed by atoms with Crippen molar-refractivity contribution >= 4 is 17.8 Å². The molecule has 38 heavy (non-hydrogen) atoms. The maximum atomic E-state index is 12.8. The Balaban J connectivity index is 1.31. The molecule has 4 rings (SSSR count). The molecule has 1 unspecified atom stereocenters. The zero-order chi connectivity index (χ0) is 27.4. The van der Waals surface area contributed by atoms with Crippen LogP contribution in [0.25, 0.3) is 5.69 Å². The summed E-state index contributed by atoms with van der Waals surface area (Å²) in [5, 5.41) is 2.70. The number of carbonyl (C=O) groups excluding carboxylic acids is 2. The summed E-state index contributed by atoms with van der Waals surface area (Å²) in [6.07, 6.45) is 3.64. The Bertz CT molecular complexity index is 1180. The molecule has 2 aromatic rings. The van der Waals surface area contributed by atoms with E-state index in [-0.39, 0.29) is 23.7 Å². The van der Waals surface area contributed by atoms with E-state index in [1.807, 2.05) is 38.1 Å². The van der Waals surface area contributed by atoms with Crippen LogP contribution in [0.1, 0.15) is 39.2 Å². The molecule has 2 aliphatic heterocycles. The van der Waals surface area contributed by atoms with E-state index >= 15 is 0 Å². The summed E-state index contributed by atoms with van der Waals surface area (Å²) in [5.74, 6) is 0.0769. The Labute approximate surface area is 223 Å². The number of anilines is 1. The summed E-state index contributed by atoms with van der Waals surface area (Å²) in [6.45, 7) is 10.00. The number of piperidine rings is 1. The highest BCUT2D eigenvalue weighted by Crippen LogP contribution is 2.18. The first-order valence-electron chi connectivity index (χ1n) is 13.4. The summed E-state index contributed by atoms with van der Waals surface area (Å²) in [5.41, 5.74) is 12.7. The van der Waals surface area contributed by atoms with Gasteiger partial charge < -0.3 is 21.3 Å². The third-order valence-electron chi connectivity index (χ3n) is 7.81. The monoisotopic (exact) mass is 524 g/mol. The lowest BCUT2D eigenvalue weighted by atomic mass is 9.88. The molecule has 0 aliphatic carbocycles. The van der Waals surface area contributed by atoms with Gasteiger partial charge >= 0.3 is 11.7 Å². The molecule has 206 valence electrons. The normalized spacial score (nSPS) is 18.9. The molecule has 0 bridgehead atoms. The van der Waals surface area contributed by atoms with E-state index in [0.29, 0.717) is 37.9 Å². The number of rotatable bonds is 6. The van der Waals surface area contributed by atoms with E-state index in [9.17, 15) is 14.4 Å². The second-order valence-corrected chi connectivity index (χ2v) is 10.9. The molecule has 2 fully saturated rings. The van der Waals surface area contributed by atoms with E-state index in [4.69, 9.17) is 11.5 Å². The number of amides is 3. The standard InChI is InChI=1S/C27H40N8O3/c1-19(2)27(3,29)24(36)33-14-16-34(17-15-33)25(37)30-23-10-13-35(26(38)31-23)22-6-4-20(5-7-22)18-32-11-8-21(28)9-12-32/h4-7,10,13,19,21H,8-9,11-12,14-18,28-29H2,1-3H3,(H,30,31,37,38). The Morgan fingerprint density at radius 2 is 1.63 bits per heavy atom. The molecule has 5 N–H and O–H groups in total. The van der Waals surface area contributed by atoms with Gasteiger partial charge in [0.2, 0.25) is 5.91 Å². The van der Waals surface area contributed by atoms with Crippen LogP contribution in [0.4, 0.5) is 10.6 Å². The number of carbonyl (C=O) groups is 2. The first-order chi connectivity index (χ1) is 18.0. The fraction of sp³-hybridized carbons (Fsp3) is 0.556. The van der Waals surface area contributed by atoms with E-state index < -0.39 is 11.2 Å². The predicted molar refractivity (Wildman–Crippen MR) is 147 cm³/mol. The molecule has 0 radical (unpaired) electrons. The second kappa shape index (κ2) is 11.6. The van der Waals surface area contributed by atoms with Crippen molar-refractivity contribution in [2.75, 3.05) is 44.6 Å². The average molecular weight is 525 g/mol. The quantitative estimate of drug-likeness (QED) is 0.515. The summed E-state index contributed by atoms with van der Waals surface area (Å²) in [7, 11) is 0. The van der Waals surface area contributed by atoms with Crippen LogP contribution in [0, 0.1) is 5.92 Å². The number of likely N-dealkylation sites (tertiary alicyclic amines) is 1. The highest BCUT2D eigenvalue weighted by molar-refractivity contribution is 5.89. The van der Waals surface area contributed by atoms with Gasteiger partial charge in [0.15, 0.2) is 0 Å². The van der Waals surface area contributed by atoms with Gasteiger partial charge in [-0.05, 0) is 62.5 Å². The van der Waals surface area contributed by atoms with Crippen molar-refractivity contribution in [3.05, 3.63) is 52.6 Å². The predicted octanol–water partition coefficient (Wildman–Crippen LogP) is 1.21. The molecule has 2 saturated heterocycles. The molecule has 11 heteroatoms. The number of hydrogen-bond donors (Lipinski definition) is 3. The van der Waals surface area contributed by atoms with Gasteiger partial charge in [-0.1, -0.05) is 26.0 Å². The maximum Gasteiger partial charge on any atom is 0.354 e. The van der Waals surface area contributed by atoms with E-state index in [0.717, 1.165) is 32.5 Å². The van der Waals surface area contributed by atoms with E-state index in [1.165, 1.54) is 10.1 Å². The smallest absolute Gasteiger partial charge is 0.338 e. The minimum atomic E-state index is -0.944. The number of hydrogen-bond acceptors (Lipinski definition) is 7. The number of aromatic nitrogens is 2. The molecule has 3 heterocycles. The first-order valence-corrected chi connectivity index (χ1v) is 13.4. The van der Waals surface area contributed by atoms with Crippen LogP contribution in [0.15, 0.2) is 41.3 Å². The van der Waals surface area contributed by atoms with Gasteiger partial charge in [-0.25, -0.2) is 9.59 Å². The van der Waals surface area contributed by atoms with Crippen molar-refractivity contribution in [3.8, 4) is 5.69 Å². The highest BCUT2D eigenvalue weighted by Gasteiger charge is 2.37. The number of piperazine rings is 1. The molecule has 1 aromatic heterocycles. The molecule has 2 aliphatic rings. The highest BCUT2D eigenvalue weighted by atomic mass is 16.2. The fourth-order valence-corrected chi connectivity index (χ4v) is 4.69.